The van der Waals surface area contributed by atoms with Gasteiger partial charge in [0, 0.05) is 23.6 Å². The molecule has 0 radical (unpaired) electrons. The number of phenolic OH excluding ortho intramolecular Hbond substituents is 1. The lowest BCUT2D eigenvalue weighted by molar-refractivity contribution is -0.142. The van der Waals surface area contributed by atoms with E-state index in [0.29, 0.717) is 5.69 Å². The normalized spacial score (nSPS) is 24.7. The number of rotatable bonds is 3. The lowest BCUT2D eigenvalue weighted by atomic mass is 9.55. The average molecular weight is 424 g/mol. The number of likely N-dealkylation sites (tertiary alicyclic amines) is 1. The Morgan fingerprint density at radius 1 is 0.781 bits per heavy atom. The number of phenols is 1. The number of hydrogen-bond acceptors (Lipinski definition) is 4. The van der Waals surface area contributed by atoms with Gasteiger partial charge in [0.2, 0.25) is 17.7 Å². The van der Waals surface area contributed by atoms with Crippen molar-refractivity contribution >= 4 is 23.4 Å². The highest BCUT2D eigenvalue weighted by molar-refractivity contribution is 6.10. The van der Waals surface area contributed by atoms with Gasteiger partial charge in [0.1, 0.15) is 12.3 Å². The van der Waals surface area contributed by atoms with E-state index < -0.39 is 17.7 Å². The van der Waals surface area contributed by atoms with Crippen molar-refractivity contribution in [3.05, 3.63) is 95.1 Å². The third-order valence-corrected chi connectivity index (χ3v) is 6.97. The zero-order chi connectivity index (χ0) is 22.0. The molecule has 3 amide bonds. The Hall–Kier alpha value is -3.93. The Balaban J connectivity index is 1.35. The molecule has 7 rings (SSSR count). The number of nitrogens with one attached hydrogen (secondary N) is 1. The zero-order valence-electron chi connectivity index (χ0n) is 17.1. The molecule has 3 aromatic rings. The molecule has 1 aliphatic heterocycles. The SMILES string of the molecule is O=C(CN1C(=O)[C@H]2C3c4ccccc4C(c4ccccc43)[C@@H]2C1=O)Nc1cccc(O)c1. The standard InChI is InChI=1S/C26H20N2O4/c29-15-7-5-6-14(12-15)27-20(30)13-28-25(31)23-21-16-8-1-2-9-17(16)22(24(23)26(28)32)19-11-4-3-10-18(19)21/h1-12,21-24,29H,13H2,(H,27,30)/t21?,22?,23-,24-/m0/s1. The molecule has 158 valence electrons. The number of aromatic hydroxyl groups is 1. The molecular formula is C26H20N2O4. The summed E-state index contributed by atoms with van der Waals surface area (Å²) < 4.78 is 0. The van der Waals surface area contributed by atoms with Crippen LogP contribution in [0.25, 0.3) is 0 Å². The van der Waals surface area contributed by atoms with Gasteiger partial charge in [-0.2, -0.15) is 0 Å². The van der Waals surface area contributed by atoms with E-state index in [9.17, 15) is 19.5 Å². The minimum Gasteiger partial charge on any atom is -0.508 e. The second-order valence-corrected chi connectivity index (χ2v) is 8.63. The summed E-state index contributed by atoms with van der Waals surface area (Å²) in [5, 5.41) is 12.3. The molecule has 3 aliphatic carbocycles. The lowest BCUT2D eigenvalue weighted by Gasteiger charge is -2.45. The van der Waals surface area contributed by atoms with Gasteiger partial charge in [-0.05, 0) is 34.4 Å². The first kappa shape index (κ1) is 18.8. The number of amides is 3. The quantitative estimate of drug-likeness (QED) is 0.632. The molecule has 0 unspecified atom stereocenters. The third-order valence-electron chi connectivity index (χ3n) is 6.97. The summed E-state index contributed by atoms with van der Waals surface area (Å²) in [6, 6.07) is 22.2. The van der Waals surface area contributed by atoms with Gasteiger partial charge in [-0.25, -0.2) is 0 Å². The number of carbonyl (C=O) groups is 3. The van der Waals surface area contributed by atoms with Crippen molar-refractivity contribution in [3.63, 3.8) is 0 Å². The lowest BCUT2D eigenvalue weighted by Crippen LogP contribution is -2.41. The molecule has 0 aromatic heterocycles. The molecule has 3 aromatic carbocycles. The van der Waals surface area contributed by atoms with Crippen LogP contribution in [0.1, 0.15) is 34.1 Å². The van der Waals surface area contributed by atoms with Gasteiger partial charge in [-0.15, -0.1) is 0 Å². The minimum absolute atomic E-state index is 0.0225. The van der Waals surface area contributed by atoms with Gasteiger partial charge in [0.25, 0.3) is 0 Å². The number of benzene rings is 3. The van der Waals surface area contributed by atoms with Crippen molar-refractivity contribution in [2.45, 2.75) is 11.8 Å². The molecule has 6 nitrogen and oxygen atoms in total. The zero-order valence-corrected chi connectivity index (χ0v) is 17.1. The molecule has 32 heavy (non-hydrogen) atoms. The van der Waals surface area contributed by atoms with Crippen molar-refractivity contribution in [2.75, 3.05) is 11.9 Å². The Bertz CT molecular complexity index is 1180. The Morgan fingerprint density at radius 2 is 1.28 bits per heavy atom. The summed E-state index contributed by atoms with van der Waals surface area (Å²) in [6.07, 6.45) is 0. The van der Waals surface area contributed by atoms with E-state index in [4.69, 9.17) is 0 Å². The topological polar surface area (TPSA) is 86.7 Å². The Kier molecular flexibility index (Phi) is 3.99. The molecule has 6 heteroatoms. The summed E-state index contributed by atoms with van der Waals surface area (Å²) in [4.78, 5) is 40.7. The molecule has 1 heterocycles. The van der Waals surface area contributed by atoms with Crippen LogP contribution in [-0.4, -0.2) is 34.3 Å². The summed E-state index contributed by atoms with van der Waals surface area (Å²) in [5.74, 6) is -2.39. The van der Waals surface area contributed by atoms with Gasteiger partial charge >= 0.3 is 0 Å². The Labute approximate surface area is 184 Å². The maximum absolute atomic E-state index is 13.5. The Morgan fingerprint density at radius 3 is 1.75 bits per heavy atom. The number of nitrogens with zero attached hydrogens (tertiary/aromatic N) is 1. The number of anilines is 1. The van der Waals surface area contributed by atoms with Crippen LogP contribution in [0.2, 0.25) is 0 Å². The highest BCUT2D eigenvalue weighted by Crippen LogP contribution is 2.60. The van der Waals surface area contributed by atoms with Crippen molar-refractivity contribution in [1.82, 2.24) is 4.90 Å². The molecule has 2 atom stereocenters. The maximum Gasteiger partial charge on any atom is 0.244 e. The van der Waals surface area contributed by atoms with Crippen LogP contribution >= 0.6 is 0 Å². The maximum atomic E-state index is 13.5. The summed E-state index contributed by atoms with van der Waals surface area (Å²) in [6.45, 7) is -0.341. The van der Waals surface area contributed by atoms with Crippen molar-refractivity contribution in [3.8, 4) is 5.75 Å². The van der Waals surface area contributed by atoms with E-state index in [-0.39, 0.29) is 35.9 Å². The molecular weight excluding hydrogens is 404 g/mol. The first-order valence-corrected chi connectivity index (χ1v) is 10.7. The van der Waals surface area contributed by atoms with Crippen LogP contribution in [0.5, 0.6) is 5.75 Å². The first-order chi connectivity index (χ1) is 15.5. The van der Waals surface area contributed by atoms with E-state index in [1.807, 2.05) is 48.5 Å². The number of carbonyl (C=O) groups excluding carboxylic acids is 3. The highest BCUT2D eigenvalue weighted by atomic mass is 16.3. The molecule has 1 saturated heterocycles. The predicted octanol–water partition coefficient (Wildman–Crippen LogP) is 3.22. The summed E-state index contributed by atoms with van der Waals surface area (Å²) in [5.41, 5.74) is 4.81. The van der Waals surface area contributed by atoms with Crippen LogP contribution in [0, 0.1) is 11.8 Å². The molecule has 4 aliphatic rings. The second kappa shape index (κ2) is 6.79. The third kappa shape index (κ3) is 2.56. The van der Waals surface area contributed by atoms with Crippen molar-refractivity contribution < 1.29 is 19.5 Å². The second-order valence-electron chi connectivity index (χ2n) is 8.63. The van der Waals surface area contributed by atoms with Crippen LogP contribution in [0.15, 0.2) is 72.8 Å². The van der Waals surface area contributed by atoms with Gasteiger partial charge in [0.15, 0.2) is 0 Å². The fourth-order valence-corrected chi connectivity index (χ4v) is 5.82. The molecule has 0 saturated carbocycles. The predicted molar refractivity (Wildman–Crippen MR) is 117 cm³/mol. The minimum atomic E-state index is -0.495. The van der Waals surface area contributed by atoms with Gasteiger partial charge in [0.05, 0.1) is 11.8 Å². The van der Waals surface area contributed by atoms with E-state index in [1.54, 1.807) is 12.1 Å². The molecule has 1 fully saturated rings. The van der Waals surface area contributed by atoms with E-state index >= 15 is 0 Å². The molecule has 2 N–H and O–H groups in total. The van der Waals surface area contributed by atoms with Crippen LogP contribution in [0.4, 0.5) is 5.69 Å². The number of hydrogen-bond donors (Lipinski definition) is 2. The van der Waals surface area contributed by atoms with Gasteiger partial charge in [-0.1, -0.05) is 54.6 Å². The monoisotopic (exact) mass is 424 g/mol. The van der Waals surface area contributed by atoms with Crippen LogP contribution < -0.4 is 5.32 Å². The van der Waals surface area contributed by atoms with Crippen LogP contribution in [-0.2, 0) is 14.4 Å². The fourth-order valence-electron chi connectivity index (χ4n) is 5.82. The first-order valence-electron chi connectivity index (χ1n) is 10.7. The fraction of sp³-hybridized carbons (Fsp3) is 0.192. The van der Waals surface area contributed by atoms with Crippen molar-refractivity contribution in [2.24, 2.45) is 11.8 Å². The molecule has 2 bridgehead atoms. The van der Waals surface area contributed by atoms with Crippen LogP contribution in [0.3, 0.4) is 0 Å². The molecule has 0 spiro atoms. The highest BCUT2D eigenvalue weighted by Gasteiger charge is 2.61. The van der Waals surface area contributed by atoms with E-state index in [1.165, 1.54) is 12.1 Å². The number of imide groups is 1. The summed E-state index contributed by atoms with van der Waals surface area (Å²) in [7, 11) is 0. The van der Waals surface area contributed by atoms with Gasteiger partial charge in [-0.3, -0.25) is 19.3 Å². The van der Waals surface area contributed by atoms with E-state index in [2.05, 4.69) is 5.32 Å². The summed E-state index contributed by atoms with van der Waals surface area (Å²) >= 11 is 0. The van der Waals surface area contributed by atoms with Gasteiger partial charge < -0.3 is 10.4 Å². The van der Waals surface area contributed by atoms with Crippen molar-refractivity contribution in [1.29, 1.82) is 0 Å². The smallest absolute Gasteiger partial charge is 0.244 e. The van der Waals surface area contributed by atoms with E-state index in [0.717, 1.165) is 27.2 Å². The average Bonchev–Trinajstić information content (AvgIpc) is 3.04. The largest absolute Gasteiger partial charge is 0.508 e.